The monoisotopic (exact) mass is 435 g/mol. The molecule has 5 rings (SSSR count). The summed E-state index contributed by atoms with van der Waals surface area (Å²) in [5.74, 6) is -0.0751. The van der Waals surface area contributed by atoms with E-state index in [2.05, 4.69) is 15.3 Å². The molecular formula is C23H22FN5O3. The van der Waals surface area contributed by atoms with E-state index in [-0.39, 0.29) is 24.8 Å². The van der Waals surface area contributed by atoms with Crippen LogP contribution in [-0.4, -0.2) is 39.6 Å². The van der Waals surface area contributed by atoms with Gasteiger partial charge in [-0.15, -0.1) is 0 Å². The van der Waals surface area contributed by atoms with Crippen molar-refractivity contribution in [3.8, 4) is 22.6 Å². The zero-order chi connectivity index (χ0) is 22.6. The molecule has 4 aromatic rings. The van der Waals surface area contributed by atoms with E-state index < -0.39 is 5.82 Å². The van der Waals surface area contributed by atoms with Crippen LogP contribution in [0.15, 0.2) is 30.5 Å². The average Bonchev–Trinajstić information content (AvgIpc) is 3.34. The molecule has 2 aromatic heterocycles. The molecule has 0 aliphatic carbocycles. The molecule has 0 saturated carbocycles. The van der Waals surface area contributed by atoms with Crippen LogP contribution in [0.1, 0.15) is 17.0 Å². The maximum Gasteiger partial charge on any atom is 0.265 e. The van der Waals surface area contributed by atoms with E-state index in [1.807, 2.05) is 33.0 Å². The molecule has 32 heavy (non-hydrogen) atoms. The molecule has 1 aliphatic rings. The fourth-order valence-corrected chi connectivity index (χ4v) is 4.17. The molecule has 1 amide bonds. The Morgan fingerprint density at radius 3 is 2.72 bits per heavy atom. The Hall–Kier alpha value is -3.88. The number of carbonyl (C=O) groups excluding carboxylic acids is 1. The Balaban J connectivity index is 1.64. The number of H-pyrrole nitrogens is 1. The number of nitrogens with one attached hydrogen (secondary N) is 1. The van der Waals surface area contributed by atoms with Crippen molar-refractivity contribution in [1.82, 2.24) is 20.0 Å². The molecule has 2 aromatic carbocycles. The van der Waals surface area contributed by atoms with E-state index in [0.29, 0.717) is 17.0 Å². The van der Waals surface area contributed by atoms with Crippen LogP contribution in [0, 0.1) is 19.7 Å². The maximum absolute atomic E-state index is 15.1. The molecule has 0 unspecified atom stereocenters. The summed E-state index contributed by atoms with van der Waals surface area (Å²) in [4.78, 5) is 14.4. The number of carbonyl (C=O) groups is 1. The quantitative estimate of drug-likeness (QED) is 0.529. The Kier molecular flexibility index (Phi) is 4.61. The number of nitrogens with zero attached hydrogens (tertiary/aromatic N) is 4. The minimum Gasteiger partial charge on any atom is -0.496 e. The average molecular weight is 435 g/mol. The van der Waals surface area contributed by atoms with Gasteiger partial charge in [-0.2, -0.15) is 10.2 Å². The third-order valence-corrected chi connectivity index (χ3v) is 6.00. The standard InChI is InChI=1S/C23H22FN5O3/c1-12-17(13(2)28(3)27-12)10-29-20-7-14(5-18(24)23(20)32-11-22(29)30)15-6-19-16(9-25-26-19)21(8-15)31-4/h5-9H,10-11H2,1-4H3,(H,25,26). The lowest BCUT2D eigenvalue weighted by atomic mass is 10.0. The van der Waals surface area contributed by atoms with Crippen molar-refractivity contribution in [2.75, 3.05) is 18.6 Å². The summed E-state index contributed by atoms with van der Waals surface area (Å²) in [6.07, 6.45) is 1.68. The highest BCUT2D eigenvalue weighted by molar-refractivity contribution is 5.99. The fourth-order valence-electron chi connectivity index (χ4n) is 4.17. The fraction of sp³-hybridized carbons (Fsp3) is 0.261. The summed E-state index contributed by atoms with van der Waals surface area (Å²) in [5.41, 5.74) is 5.20. The van der Waals surface area contributed by atoms with E-state index in [1.165, 1.54) is 6.07 Å². The molecule has 0 radical (unpaired) electrons. The molecule has 3 heterocycles. The number of anilines is 1. The molecule has 0 bridgehead atoms. The molecule has 0 fully saturated rings. The normalized spacial score (nSPS) is 13.4. The molecular weight excluding hydrogens is 413 g/mol. The van der Waals surface area contributed by atoms with Gasteiger partial charge in [0.1, 0.15) is 5.75 Å². The first kappa shape index (κ1) is 20.0. The Morgan fingerprint density at radius 1 is 1.22 bits per heavy atom. The van der Waals surface area contributed by atoms with Gasteiger partial charge in [0.25, 0.3) is 5.91 Å². The van der Waals surface area contributed by atoms with Crippen molar-refractivity contribution < 1.29 is 18.7 Å². The predicted octanol–water partition coefficient (Wildman–Crippen LogP) is 3.65. The van der Waals surface area contributed by atoms with Gasteiger partial charge in [0.15, 0.2) is 18.2 Å². The smallest absolute Gasteiger partial charge is 0.265 e. The summed E-state index contributed by atoms with van der Waals surface area (Å²) in [5, 5.41) is 12.2. The molecule has 8 nitrogen and oxygen atoms in total. The maximum atomic E-state index is 15.1. The minimum atomic E-state index is -0.529. The second-order valence-corrected chi connectivity index (χ2v) is 7.86. The molecule has 0 spiro atoms. The van der Waals surface area contributed by atoms with Crippen molar-refractivity contribution >= 4 is 22.5 Å². The van der Waals surface area contributed by atoms with Gasteiger partial charge in [0, 0.05) is 18.3 Å². The highest BCUT2D eigenvalue weighted by Crippen LogP contribution is 2.41. The summed E-state index contributed by atoms with van der Waals surface area (Å²) < 4.78 is 27.9. The van der Waals surface area contributed by atoms with Crippen LogP contribution >= 0.6 is 0 Å². The number of amides is 1. The SMILES string of the molecule is COc1cc(-c2cc(F)c3c(c2)N(Cc2c(C)nn(C)c2C)C(=O)CO3)cc2[nH]ncc12. The van der Waals surface area contributed by atoms with E-state index >= 15 is 4.39 Å². The number of ether oxygens (including phenoxy) is 2. The van der Waals surface area contributed by atoms with Gasteiger partial charge in [-0.25, -0.2) is 4.39 Å². The topological polar surface area (TPSA) is 85.3 Å². The second-order valence-electron chi connectivity index (χ2n) is 7.86. The highest BCUT2D eigenvalue weighted by atomic mass is 19.1. The molecule has 0 saturated heterocycles. The number of rotatable bonds is 4. The third kappa shape index (κ3) is 3.08. The first-order valence-corrected chi connectivity index (χ1v) is 10.1. The molecule has 0 atom stereocenters. The molecule has 164 valence electrons. The summed E-state index contributed by atoms with van der Waals surface area (Å²) in [7, 11) is 3.43. The van der Waals surface area contributed by atoms with Crippen LogP contribution in [0.3, 0.4) is 0 Å². The van der Waals surface area contributed by atoms with E-state index in [1.54, 1.807) is 29.0 Å². The van der Waals surface area contributed by atoms with Crippen molar-refractivity contribution in [3.05, 3.63) is 53.2 Å². The summed E-state index contributed by atoms with van der Waals surface area (Å²) >= 11 is 0. The van der Waals surface area contributed by atoms with Gasteiger partial charge in [-0.1, -0.05) is 0 Å². The third-order valence-electron chi connectivity index (χ3n) is 6.00. The Labute approximate surface area is 183 Å². The van der Waals surface area contributed by atoms with Gasteiger partial charge in [-0.3, -0.25) is 14.6 Å². The zero-order valence-corrected chi connectivity index (χ0v) is 18.2. The van der Waals surface area contributed by atoms with Gasteiger partial charge in [0.05, 0.1) is 42.1 Å². The lowest BCUT2D eigenvalue weighted by Gasteiger charge is -2.30. The highest BCUT2D eigenvalue weighted by Gasteiger charge is 2.30. The van der Waals surface area contributed by atoms with Gasteiger partial charge >= 0.3 is 0 Å². The van der Waals surface area contributed by atoms with Gasteiger partial charge in [0.2, 0.25) is 0 Å². The molecule has 1 N–H and O–H groups in total. The van der Waals surface area contributed by atoms with Gasteiger partial charge < -0.3 is 14.4 Å². The predicted molar refractivity (Wildman–Crippen MR) is 117 cm³/mol. The largest absolute Gasteiger partial charge is 0.496 e. The van der Waals surface area contributed by atoms with E-state index in [9.17, 15) is 4.79 Å². The molecule has 1 aliphatic heterocycles. The number of aryl methyl sites for hydroxylation is 2. The first-order valence-electron chi connectivity index (χ1n) is 10.1. The van der Waals surface area contributed by atoms with Crippen LogP contribution in [0.25, 0.3) is 22.0 Å². The first-order chi connectivity index (χ1) is 15.4. The van der Waals surface area contributed by atoms with Crippen molar-refractivity contribution in [2.24, 2.45) is 7.05 Å². The van der Waals surface area contributed by atoms with Crippen LogP contribution in [0.4, 0.5) is 10.1 Å². The zero-order valence-electron chi connectivity index (χ0n) is 18.2. The lowest BCUT2D eigenvalue weighted by molar-refractivity contribution is -0.121. The lowest BCUT2D eigenvalue weighted by Crippen LogP contribution is -2.38. The summed E-state index contributed by atoms with van der Waals surface area (Å²) in [6, 6.07) is 6.87. The van der Waals surface area contributed by atoms with Crippen LogP contribution in [0.5, 0.6) is 11.5 Å². The Morgan fingerprint density at radius 2 is 2.00 bits per heavy atom. The number of halogens is 1. The number of benzene rings is 2. The number of hydrogen-bond donors (Lipinski definition) is 1. The van der Waals surface area contributed by atoms with Crippen LogP contribution in [0.2, 0.25) is 0 Å². The number of methoxy groups -OCH3 is 1. The van der Waals surface area contributed by atoms with Gasteiger partial charge in [-0.05, 0) is 49.2 Å². The van der Waals surface area contributed by atoms with Crippen LogP contribution < -0.4 is 14.4 Å². The number of fused-ring (bicyclic) bond motifs is 2. The van der Waals surface area contributed by atoms with E-state index in [4.69, 9.17) is 9.47 Å². The number of aromatic amines is 1. The minimum absolute atomic E-state index is 0.0714. The Bertz CT molecular complexity index is 1370. The van der Waals surface area contributed by atoms with Crippen molar-refractivity contribution in [3.63, 3.8) is 0 Å². The van der Waals surface area contributed by atoms with Crippen LogP contribution in [-0.2, 0) is 18.4 Å². The molecule has 9 heteroatoms. The van der Waals surface area contributed by atoms with Crippen molar-refractivity contribution in [2.45, 2.75) is 20.4 Å². The second kappa shape index (κ2) is 7.37. The number of hydrogen-bond acceptors (Lipinski definition) is 5. The van der Waals surface area contributed by atoms with E-state index in [0.717, 1.165) is 33.4 Å². The van der Waals surface area contributed by atoms with Crippen molar-refractivity contribution in [1.29, 1.82) is 0 Å². The number of aromatic nitrogens is 4. The summed E-state index contributed by atoms with van der Waals surface area (Å²) in [6.45, 7) is 3.92.